The number of rotatable bonds is 5. The average molecular weight is 452 g/mol. The fourth-order valence-electron chi connectivity index (χ4n) is 3.65. The van der Waals surface area contributed by atoms with Gasteiger partial charge in [-0.25, -0.2) is 0 Å². The minimum Gasteiger partial charge on any atom is -0.507 e. The van der Waals surface area contributed by atoms with Crippen molar-refractivity contribution in [1.29, 1.82) is 0 Å². The summed E-state index contributed by atoms with van der Waals surface area (Å²) in [6.45, 7) is 0.279. The van der Waals surface area contributed by atoms with Crippen LogP contribution in [-0.4, -0.2) is 21.9 Å². The average Bonchev–Trinajstić information content (AvgIpc) is 2.90. The van der Waals surface area contributed by atoms with Gasteiger partial charge in [-0.2, -0.15) is 0 Å². The number of aliphatic hydroxyl groups is 1. The van der Waals surface area contributed by atoms with E-state index >= 15 is 0 Å². The van der Waals surface area contributed by atoms with Gasteiger partial charge in [-0.1, -0.05) is 58.4 Å². The van der Waals surface area contributed by atoms with E-state index in [2.05, 4.69) is 15.9 Å². The van der Waals surface area contributed by atoms with Gasteiger partial charge >= 0.3 is 0 Å². The Kier molecular flexibility index (Phi) is 4.98. The summed E-state index contributed by atoms with van der Waals surface area (Å²) in [6.07, 6.45) is -0.460. The van der Waals surface area contributed by atoms with E-state index in [0.29, 0.717) is 15.7 Å². The summed E-state index contributed by atoms with van der Waals surface area (Å²) in [7, 11) is 0. The van der Waals surface area contributed by atoms with Gasteiger partial charge in [-0.15, -0.1) is 0 Å². The molecule has 1 atom stereocenters. The number of hydrogen-bond donors (Lipinski definition) is 2. The maximum absolute atomic E-state index is 13.3. The lowest BCUT2D eigenvalue weighted by Crippen LogP contribution is -2.41. The molecule has 1 heterocycles. The minimum absolute atomic E-state index is 0.0757. The number of phenols is 1. The molecule has 0 unspecified atom stereocenters. The third-order valence-electron chi connectivity index (χ3n) is 5.10. The Bertz CT molecular complexity index is 1100. The van der Waals surface area contributed by atoms with E-state index in [1.54, 1.807) is 30.3 Å². The van der Waals surface area contributed by atoms with Crippen LogP contribution in [0.5, 0.6) is 5.75 Å². The van der Waals surface area contributed by atoms with Gasteiger partial charge in [0.2, 0.25) is 0 Å². The first-order chi connectivity index (χ1) is 13.9. The highest BCUT2D eigenvalue weighted by Crippen LogP contribution is 2.45. The maximum atomic E-state index is 13.3. The molecule has 4 rings (SSSR count). The number of hydrogen-bond acceptors (Lipinski definition) is 4. The molecule has 0 aromatic heterocycles. The third kappa shape index (κ3) is 3.45. The van der Waals surface area contributed by atoms with Crippen LogP contribution in [0.2, 0.25) is 0 Å². The first-order valence-electron chi connectivity index (χ1n) is 9.09. The highest BCUT2D eigenvalue weighted by molar-refractivity contribution is 9.10. The van der Waals surface area contributed by atoms with E-state index in [1.165, 1.54) is 17.0 Å². The Morgan fingerprint density at radius 2 is 1.69 bits per heavy atom. The molecule has 0 spiro atoms. The Labute approximate surface area is 176 Å². The Balaban J connectivity index is 1.73. The number of carbonyl (C=O) groups excluding carboxylic acids is 2. The lowest BCUT2D eigenvalue weighted by Gasteiger charge is -2.23. The molecule has 146 valence electrons. The molecule has 5 nitrogen and oxygen atoms in total. The third-order valence-corrected chi connectivity index (χ3v) is 5.59. The highest BCUT2D eigenvalue weighted by atomic mass is 79.9. The van der Waals surface area contributed by atoms with Crippen molar-refractivity contribution in [2.75, 3.05) is 4.90 Å². The fourth-order valence-corrected chi connectivity index (χ4v) is 4.01. The molecule has 2 N–H and O–H groups in total. The predicted molar refractivity (Wildman–Crippen MR) is 113 cm³/mol. The van der Waals surface area contributed by atoms with Crippen LogP contribution in [0.1, 0.15) is 27.9 Å². The number of aromatic hydroxyl groups is 1. The van der Waals surface area contributed by atoms with E-state index in [4.69, 9.17) is 0 Å². The van der Waals surface area contributed by atoms with Crippen molar-refractivity contribution in [3.8, 4) is 5.75 Å². The van der Waals surface area contributed by atoms with Crippen molar-refractivity contribution in [3.05, 3.63) is 94.0 Å². The zero-order valence-electron chi connectivity index (χ0n) is 15.4. The lowest BCUT2D eigenvalue weighted by atomic mass is 9.88. The monoisotopic (exact) mass is 451 g/mol. The molecule has 0 saturated heterocycles. The van der Waals surface area contributed by atoms with Crippen molar-refractivity contribution in [3.63, 3.8) is 0 Å². The summed E-state index contributed by atoms with van der Waals surface area (Å²) in [5.74, 6) is -1.24. The SMILES string of the molecule is O=C(C[C@]1(O)C(=O)N(Cc2ccccc2)c2ccc(Br)cc21)c1ccccc1O. The quantitative estimate of drug-likeness (QED) is 0.570. The number of para-hydroxylation sites is 1. The second-order valence-electron chi connectivity index (χ2n) is 7.02. The number of carbonyl (C=O) groups is 2. The summed E-state index contributed by atoms with van der Waals surface area (Å²) in [5, 5.41) is 21.4. The van der Waals surface area contributed by atoms with E-state index < -0.39 is 23.7 Å². The van der Waals surface area contributed by atoms with Crippen LogP contribution in [0, 0.1) is 0 Å². The summed E-state index contributed by atoms with van der Waals surface area (Å²) in [6, 6.07) is 20.8. The van der Waals surface area contributed by atoms with Gasteiger partial charge in [0, 0.05) is 10.0 Å². The number of ketones is 1. The number of halogens is 1. The second-order valence-corrected chi connectivity index (χ2v) is 7.93. The molecular weight excluding hydrogens is 434 g/mol. The molecule has 0 saturated carbocycles. The van der Waals surface area contributed by atoms with Crippen LogP contribution >= 0.6 is 15.9 Å². The van der Waals surface area contributed by atoms with Crippen LogP contribution in [0.4, 0.5) is 5.69 Å². The molecule has 0 aliphatic carbocycles. The first-order valence-corrected chi connectivity index (χ1v) is 9.89. The molecule has 3 aromatic rings. The number of amides is 1. The minimum atomic E-state index is -2.01. The molecule has 0 fully saturated rings. The molecule has 1 aliphatic rings. The molecule has 0 radical (unpaired) electrons. The zero-order chi connectivity index (χ0) is 20.6. The van der Waals surface area contributed by atoms with Crippen molar-refractivity contribution in [1.82, 2.24) is 0 Å². The number of nitrogens with zero attached hydrogens (tertiary/aromatic N) is 1. The number of anilines is 1. The van der Waals surface area contributed by atoms with Gasteiger partial charge in [0.1, 0.15) is 5.75 Å². The predicted octanol–water partition coefficient (Wildman–Crippen LogP) is 4.16. The van der Waals surface area contributed by atoms with Gasteiger partial charge in [-0.3, -0.25) is 9.59 Å². The highest BCUT2D eigenvalue weighted by Gasteiger charge is 2.51. The van der Waals surface area contributed by atoms with E-state index in [1.807, 2.05) is 30.3 Å². The topological polar surface area (TPSA) is 77.8 Å². The summed E-state index contributed by atoms with van der Waals surface area (Å²) >= 11 is 3.38. The van der Waals surface area contributed by atoms with Crippen LogP contribution in [0.3, 0.4) is 0 Å². The Morgan fingerprint density at radius 3 is 2.41 bits per heavy atom. The number of fused-ring (bicyclic) bond motifs is 1. The van der Waals surface area contributed by atoms with E-state index in [0.717, 1.165) is 5.56 Å². The molecule has 29 heavy (non-hydrogen) atoms. The zero-order valence-corrected chi connectivity index (χ0v) is 17.0. The summed E-state index contributed by atoms with van der Waals surface area (Å²) in [5.41, 5.74) is -0.0863. The van der Waals surface area contributed by atoms with Crippen LogP contribution in [0.25, 0.3) is 0 Å². The number of phenolic OH excluding ortho intramolecular Hbond substituents is 1. The molecule has 1 aliphatic heterocycles. The molecule has 1 amide bonds. The largest absolute Gasteiger partial charge is 0.507 e. The van der Waals surface area contributed by atoms with Crippen LogP contribution < -0.4 is 4.90 Å². The second kappa shape index (κ2) is 7.46. The fraction of sp³-hybridized carbons (Fsp3) is 0.130. The molecule has 0 bridgehead atoms. The van der Waals surface area contributed by atoms with Crippen LogP contribution in [-0.2, 0) is 16.9 Å². The maximum Gasteiger partial charge on any atom is 0.264 e. The van der Waals surface area contributed by atoms with Gasteiger partial charge in [-0.05, 0) is 35.9 Å². The van der Waals surface area contributed by atoms with Crippen molar-refractivity contribution in [2.45, 2.75) is 18.6 Å². The Hall–Kier alpha value is -2.96. The normalized spacial score (nSPS) is 18.0. The van der Waals surface area contributed by atoms with Gasteiger partial charge in [0.15, 0.2) is 11.4 Å². The van der Waals surface area contributed by atoms with Crippen LogP contribution in [0.15, 0.2) is 77.3 Å². The van der Waals surface area contributed by atoms with Crippen molar-refractivity contribution >= 4 is 33.3 Å². The summed E-state index contributed by atoms with van der Waals surface area (Å²) in [4.78, 5) is 27.6. The number of benzene rings is 3. The molecular formula is C23H18BrNO4. The summed E-state index contributed by atoms with van der Waals surface area (Å²) < 4.78 is 0.694. The van der Waals surface area contributed by atoms with Gasteiger partial charge in [0.25, 0.3) is 5.91 Å². The van der Waals surface area contributed by atoms with Gasteiger partial charge < -0.3 is 15.1 Å². The smallest absolute Gasteiger partial charge is 0.264 e. The standard InChI is InChI=1S/C23H18BrNO4/c24-16-10-11-19-18(12-16)23(29,13-21(27)17-8-4-5-9-20(17)26)22(28)25(19)14-15-6-2-1-3-7-15/h1-12,26,29H,13-14H2/t23-/m1/s1. The molecule has 6 heteroatoms. The van der Waals surface area contributed by atoms with E-state index in [9.17, 15) is 19.8 Å². The first kappa shape index (κ1) is 19.4. The van der Waals surface area contributed by atoms with Crippen molar-refractivity contribution in [2.24, 2.45) is 0 Å². The van der Waals surface area contributed by atoms with Crippen molar-refractivity contribution < 1.29 is 19.8 Å². The molecule has 3 aromatic carbocycles. The number of Topliss-reactive ketones (excluding diaryl/α,β-unsaturated/α-hetero) is 1. The lowest BCUT2D eigenvalue weighted by molar-refractivity contribution is -0.136. The Morgan fingerprint density at radius 1 is 1.00 bits per heavy atom. The van der Waals surface area contributed by atoms with E-state index in [-0.39, 0.29) is 17.9 Å². The van der Waals surface area contributed by atoms with Gasteiger partial charge in [0.05, 0.1) is 24.2 Å².